The highest BCUT2D eigenvalue weighted by molar-refractivity contribution is 7.97. The third-order valence-electron chi connectivity index (χ3n) is 4.27. The van der Waals surface area contributed by atoms with Crippen LogP contribution in [0.25, 0.3) is 0 Å². The van der Waals surface area contributed by atoms with Crippen molar-refractivity contribution in [3.8, 4) is 0 Å². The quantitative estimate of drug-likeness (QED) is 0.904. The molecule has 0 atom stereocenters. The molecule has 1 aliphatic rings. The van der Waals surface area contributed by atoms with Crippen molar-refractivity contribution >= 4 is 29.2 Å². The van der Waals surface area contributed by atoms with Gasteiger partial charge in [0.1, 0.15) is 5.82 Å². The SMILES string of the molecule is CSCc1ccc(NC(=O)C2CCN(c3cnccn3)CC2)cc1. The number of amides is 1. The predicted octanol–water partition coefficient (Wildman–Crippen LogP) is 3.19. The van der Waals surface area contributed by atoms with Gasteiger partial charge in [-0.3, -0.25) is 9.78 Å². The molecular formula is C18H22N4OS. The first-order valence-corrected chi connectivity index (χ1v) is 9.55. The topological polar surface area (TPSA) is 58.1 Å². The maximum atomic E-state index is 12.5. The van der Waals surface area contributed by atoms with Gasteiger partial charge in [0.05, 0.1) is 6.20 Å². The van der Waals surface area contributed by atoms with Crippen molar-refractivity contribution in [3.63, 3.8) is 0 Å². The Balaban J connectivity index is 1.51. The number of benzene rings is 1. The minimum Gasteiger partial charge on any atom is -0.355 e. The average molecular weight is 342 g/mol. The van der Waals surface area contributed by atoms with Crippen molar-refractivity contribution in [1.82, 2.24) is 9.97 Å². The van der Waals surface area contributed by atoms with Gasteiger partial charge in [0, 0.05) is 42.8 Å². The van der Waals surface area contributed by atoms with Gasteiger partial charge in [-0.15, -0.1) is 0 Å². The Morgan fingerprint density at radius 1 is 1.25 bits per heavy atom. The number of nitrogens with zero attached hydrogens (tertiary/aromatic N) is 3. The lowest BCUT2D eigenvalue weighted by molar-refractivity contribution is -0.120. The molecule has 1 aromatic carbocycles. The van der Waals surface area contributed by atoms with Gasteiger partial charge in [-0.1, -0.05) is 12.1 Å². The smallest absolute Gasteiger partial charge is 0.227 e. The number of aromatic nitrogens is 2. The molecule has 2 aromatic rings. The van der Waals surface area contributed by atoms with E-state index in [-0.39, 0.29) is 11.8 Å². The van der Waals surface area contributed by atoms with Crippen LogP contribution in [0.3, 0.4) is 0 Å². The fraction of sp³-hybridized carbons (Fsp3) is 0.389. The zero-order valence-corrected chi connectivity index (χ0v) is 14.6. The minimum atomic E-state index is 0.0591. The molecule has 24 heavy (non-hydrogen) atoms. The Morgan fingerprint density at radius 2 is 2.00 bits per heavy atom. The molecule has 0 unspecified atom stereocenters. The third kappa shape index (κ3) is 4.26. The van der Waals surface area contributed by atoms with Gasteiger partial charge < -0.3 is 10.2 Å². The predicted molar refractivity (Wildman–Crippen MR) is 99.3 cm³/mol. The lowest BCUT2D eigenvalue weighted by Crippen LogP contribution is -2.38. The van der Waals surface area contributed by atoms with E-state index in [1.54, 1.807) is 30.4 Å². The second kappa shape index (κ2) is 8.15. The van der Waals surface area contributed by atoms with E-state index in [0.717, 1.165) is 43.2 Å². The Morgan fingerprint density at radius 3 is 2.62 bits per heavy atom. The maximum Gasteiger partial charge on any atom is 0.227 e. The van der Waals surface area contributed by atoms with Gasteiger partial charge in [0.2, 0.25) is 5.91 Å². The average Bonchev–Trinajstić information content (AvgIpc) is 2.64. The number of carbonyl (C=O) groups excluding carboxylic acids is 1. The second-order valence-corrected chi connectivity index (χ2v) is 6.81. The molecule has 5 nitrogen and oxygen atoms in total. The number of anilines is 2. The monoisotopic (exact) mass is 342 g/mol. The maximum absolute atomic E-state index is 12.5. The number of thioether (sulfide) groups is 1. The second-order valence-electron chi connectivity index (χ2n) is 5.94. The Labute approximate surface area is 146 Å². The first-order valence-electron chi connectivity index (χ1n) is 8.16. The summed E-state index contributed by atoms with van der Waals surface area (Å²) in [6.45, 7) is 1.67. The van der Waals surface area contributed by atoms with E-state index in [9.17, 15) is 4.79 Å². The van der Waals surface area contributed by atoms with E-state index in [4.69, 9.17) is 0 Å². The summed E-state index contributed by atoms with van der Waals surface area (Å²) in [5.74, 6) is 2.06. The number of hydrogen-bond acceptors (Lipinski definition) is 5. The first-order chi connectivity index (χ1) is 11.8. The molecule has 1 N–H and O–H groups in total. The summed E-state index contributed by atoms with van der Waals surface area (Å²) in [6.07, 6.45) is 8.92. The number of nitrogens with one attached hydrogen (secondary N) is 1. The molecule has 6 heteroatoms. The van der Waals surface area contributed by atoms with E-state index in [0.29, 0.717) is 0 Å². The summed E-state index contributed by atoms with van der Waals surface area (Å²) < 4.78 is 0. The normalized spacial score (nSPS) is 15.3. The van der Waals surface area contributed by atoms with Crippen LogP contribution >= 0.6 is 11.8 Å². The highest BCUT2D eigenvalue weighted by atomic mass is 32.2. The number of rotatable bonds is 5. The lowest BCUT2D eigenvalue weighted by atomic mass is 9.96. The third-order valence-corrected chi connectivity index (χ3v) is 4.89. The molecule has 2 heterocycles. The molecular weight excluding hydrogens is 320 g/mol. The van der Waals surface area contributed by atoms with Crippen LogP contribution in [0.5, 0.6) is 0 Å². The van der Waals surface area contributed by atoms with Crippen LogP contribution in [0.2, 0.25) is 0 Å². The fourth-order valence-electron chi connectivity index (χ4n) is 2.92. The molecule has 0 saturated carbocycles. The molecule has 1 aromatic heterocycles. The van der Waals surface area contributed by atoms with Crippen molar-refractivity contribution < 1.29 is 4.79 Å². The van der Waals surface area contributed by atoms with E-state index >= 15 is 0 Å². The summed E-state index contributed by atoms with van der Waals surface area (Å²) in [6, 6.07) is 8.11. The highest BCUT2D eigenvalue weighted by Gasteiger charge is 2.25. The molecule has 1 fully saturated rings. The van der Waals surface area contributed by atoms with Crippen molar-refractivity contribution in [2.75, 3.05) is 29.6 Å². The van der Waals surface area contributed by atoms with Crippen molar-refractivity contribution in [3.05, 3.63) is 48.4 Å². The van der Waals surface area contributed by atoms with E-state index in [2.05, 4.69) is 38.6 Å². The van der Waals surface area contributed by atoms with Crippen LogP contribution < -0.4 is 10.2 Å². The molecule has 0 spiro atoms. The number of carbonyl (C=O) groups is 1. The Bertz CT molecular complexity index is 654. The summed E-state index contributed by atoms with van der Waals surface area (Å²) in [4.78, 5) is 23.1. The lowest BCUT2D eigenvalue weighted by Gasteiger charge is -2.31. The molecule has 0 radical (unpaired) electrons. The van der Waals surface area contributed by atoms with E-state index in [1.807, 2.05) is 12.1 Å². The van der Waals surface area contributed by atoms with Crippen LogP contribution in [0.1, 0.15) is 18.4 Å². The van der Waals surface area contributed by atoms with Crippen LogP contribution in [0, 0.1) is 5.92 Å². The van der Waals surface area contributed by atoms with Crippen LogP contribution in [0.15, 0.2) is 42.9 Å². The molecule has 1 amide bonds. The zero-order chi connectivity index (χ0) is 16.8. The summed E-state index contributed by atoms with van der Waals surface area (Å²) >= 11 is 1.79. The summed E-state index contributed by atoms with van der Waals surface area (Å²) in [5, 5.41) is 3.04. The fourth-order valence-corrected chi connectivity index (χ4v) is 3.45. The largest absolute Gasteiger partial charge is 0.355 e. The van der Waals surface area contributed by atoms with E-state index < -0.39 is 0 Å². The standard InChI is InChI=1S/C18H22N4OS/c1-24-13-14-2-4-16(5-3-14)21-18(23)15-6-10-22(11-7-15)17-12-19-8-9-20-17/h2-5,8-9,12,15H,6-7,10-11,13H2,1H3,(H,21,23). The zero-order valence-electron chi connectivity index (χ0n) is 13.8. The molecule has 1 aliphatic heterocycles. The highest BCUT2D eigenvalue weighted by Crippen LogP contribution is 2.23. The molecule has 0 aliphatic carbocycles. The molecule has 126 valence electrons. The Hall–Kier alpha value is -2.08. The van der Waals surface area contributed by atoms with Gasteiger partial charge in [-0.05, 0) is 36.8 Å². The van der Waals surface area contributed by atoms with Crippen molar-refractivity contribution in [2.24, 2.45) is 5.92 Å². The molecule has 1 saturated heterocycles. The Kier molecular flexibility index (Phi) is 5.69. The van der Waals surface area contributed by atoms with Crippen LogP contribution in [0.4, 0.5) is 11.5 Å². The van der Waals surface area contributed by atoms with Gasteiger partial charge in [-0.25, -0.2) is 4.98 Å². The molecule has 3 rings (SSSR count). The van der Waals surface area contributed by atoms with Gasteiger partial charge in [0.15, 0.2) is 0 Å². The first kappa shape index (κ1) is 16.8. The van der Waals surface area contributed by atoms with Gasteiger partial charge >= 0.3 is 0 Å². The van der Waals surface area contributed by atoms with Crippen molar-refractivity contribution in [1.29, 1.82) is 0 Å². The molecule has 0 bridgehead atoms. The van der Waals surface area contributed by atoms with Crippen LogP contribution in [-0.2, 0) is 10.5 Å². The summed E-state index contributed by atoms with van der Waals surface area (Å²) in [7, 11) is 0. The van der Waals surface area contributed by atoms with E-state index in [1.165, 1.54) is 5.56 Å². The minimum absolute atomic E-state index is 0.0591. The van der Waals surface area contributed by atoms with Crippen molar-refractivity contribution in [2.45, 2.75) is 18.6 Å². The van der Waals surface area contributed by atoms with Gasteiger partial charge in [0.25, 0.3) is 0 Å². The van der Waals surface area contributed by atoms with Gasteiger partial charge in [-0.2, -0.15) is 11.8 Å². The summed E-state index contributed by atoms with van der Waals surface area (Å²) in [5.41, 5.74) is 2.15. The number of hydrogen-bond donors (Lipinski definition) is 1. The number of piperidine rings is 1. The van der Waals surface area contributed by atoms with Crippen LogP contribution in [-0.4, -0.2) is 35.2 Å².